The maximum absolute atomic E-state index is 11.8. The van der Waals surface area contributed by atoms with Crippen molar-refractivity contribution in [3.63, 3.8) is 0 Å². The Morgan fingerprint density at radius 3 is 2.27 bits per heavy atom. The summed E-state index contributed by atoms with van der Waals surface area (Å²) in [5, 5.41) is 8.65. The summed E-state index contributed by atoms with van der Waals surface area (Å²) in [7, 11) is 0. The average molecular weight is 227 g/mol. The largest absolute Gasteiger partial charge is 0.395 e. The van der Waals surface area contributed by atoms with Crippen LogP contribution in [0.2, 0.25) is 0 Å². The average Bonchev–Trinajstić information content (AvgIpc) is 2.08. The second-order valence-corrected chi connectivity index (χ2v) is 3.52. The number of amides is 1. The summed E-state index contributed by atoms with van der Waals surface area (Å²) in [6, 6.07) is -0.196. The van der Waals surface area contributed by atoms with Gasteiger partial charge in [0.25, 0.3) is 0 Å². The second-order valence-electron chi connectivity index (χ2n) is 3.52. The fourth-order valence-corrected chi connectivity index (χ4v) is 1.17. The van der Waals surface area contributed by atoms with E-state index in [2.05, 4.69) is 0 Å². The molecule has 0 aromatic heterocycles. The zero-order valence-corrected chi connectivity index (χ0v) is 8.84. The van der Waals surface area contributed by atoms with Gasteiger partial charge in [-0.1, -0.05) is 0 Å². The molecule has 0 atom stereocenters. The third-order valence-corrected chi connectivity index (χ3v) is 1.91. The Bertz CT molecular complexity index is 204. The van der Waals surface area contributed by atoms with Gasteiger partial charge in [0.05, 0.1) is 13.0 Å². The molecule has 0 rings (SSSR count). The first-order chi connectivity index (χ1) is 6.78. The molecular weight excluding hydrogens is 211 g/mol. The Morgan fingerprint density at radius 2 is 1.93 bits per heavy atom. The lowest BCUT2D eigenvalue weighted by Gasteiger charge is -2.26. The summed E-state index contributed by atoms with van der Waals surface area (Å²) in [5.41, 5.74) is 0. The van der Waals surface area contributed by atoms with E-state index in [9.17, 15) is 18.0 Å². The molecule has 0 spiro atoms. The Kier molecular flexibility index (Phi) is 5.64. The van der Waals surface area contributed by atoms with Crippen molar-refractivity contribution in [2.24, 2.45) is 0 Å². The van der Waals surface area contributed by atoms with Crippen molar-refractivity contribution in [3.8, 4) is 0 Å². The molecule has 3 nitrogen and oxygen atoms in total. The molecular formula is C9H16F3NO2. The van der Waals surface area contributed by atoms with Crippen molar-refractivity contribution in [2.45, 2.75) is 38.9 Å². The molecule has 0 aliphatic rings. The number of nitrogens with zero attached hydrogens (tertiary/aromatic N) is 1. The van der Waals surface area contributed by atoms with E-state index in [0.29, 0.717) is 0 Å². The number of aliphatic hydroxyl groups is 1. The molecule has 0 heterocycles. The van der Waals surface area contributed by atoms with Crippen LogP contribution < -0.4 is 0 Å². The Labute approximate surface area is 86.9 Å². The number of hydrogen-bond acceptors (Lipinski definition) is 2. The summed E-state index contributed by atoms with van der Waals surface area (Å²) in [6.07, 6.45) is -5.97. The highest BCUT2D eigenvalue weighted by Gasteiger charge is 2.29. The van der Waals surface area contributed by atoms with Gasteiger partial charge >= 0.3 is 6.18 Å². The van der Waals surface area contributed by atoms with Gasteiger partial charge in [-0.3, -0.25) is 4.79 Å². The predicted molar refractivity (Wildman–Crippen MR) is 49.2 cm³/mol. The van der Waals surface area contributed by atoms with Gasteiger partial charge in [0.15, 0.2) is 0 Å². The zero-order valence-electron chi connectivity index (χ0n) is 8.84. The fourth-order valence-electron chi connectivity index (χ4n) is 1.17. The molecule has 0 aliphatic carbocycles. The van der Waals surface area contributed by atoms with E-state index in [-0.39, 0.29) is 19.2 Å². The first-order valence-electron chi connectivity index (χ1n) is 4.75. The minimum absolute atomic E-state index is 0.0777. The summed E-state index contributed by atoms with van der Waals surface area (Å²) >= 11 is 0. The van der Waals surface area contributed by atoms with Crippen LogP contribution in [0.1, 0.15) is 26.7 Å². The fraction of sp³-hybridized carbons (Fsp3) is 0.889. The molecule has 0 aromatic carbocycles. The summed E-state index contributed by atoms with van der Waals surface area (Å²) in [4.78, 5) is 12.6. The molecule has 6 heteroatoms. The number of carbonyl (C=O) groups is 1. The van der Waals surface area contributed by atoms with Gasteiger partial charge in [0.2, 0.25) is 5.91 Å². The van der Waals surface area contributed by atoms with E-state index in [1.54, 1.807) is 13.8 Å². The monoisotopic (exact) mass is 227 g/mol. The van der Waals surface area contributed by atoms with Gasteiger partial charge < -0.3 is 10.0 Å². The minimum atomic E-state index is -4.31. The number of aliphatic hydroxyl groups excluding tert-OH is 1. The van der Waals surface area contributed by atoms with Gasteiger partial charge in [0.1, 0.15) is 0 Å². The molecule has 0 aliphatic heterocycles. The molecule has 0 bridgehead atoms. The highest BCUT2D eigenvalue weighted by Crippen LogP contribution is 2.22. The van der Waals surface area contributed by atoms with Crippen LogP contribution in [0.4, 0.5) is 13.2 Å². The van der Waals surface area contributed by atoms with Crippen LogP contribution in [0.25, 0.3) is 0 Å². The highest BCUT2D eigenvalue weighted by atomic mass is 19.4. The van der Waals surface area contributed by atoms with E-state index in [1.165, 1.54) is 4.90 Å². The van der Waals surface area contributed by atoms with Gasteiger partial charge in [-0.2, -0.15) is 13.2 Å². The minimum Gasteiger partial charge on any atom is -0.395 e. The standard InChI is InChI=1S/C9H16F3NO2/c1-7(2)13(5-6-14)8(15)3-4-9(10,11)12/h7,14H,3-6H2,1-2H3. The summed E-state index contributed by atoms with van der Waals surface area (Å²) in [6.45, 7) is 3.23. The van der Waals surface area contributed by atoms with Crippen LogP contribution in [-0.2, 0) is 4.79 Å². The van der Waals surface area contributed by atoms with Gasteiger partial charge in [-0.25, -0.2) is 0 Å². The van der Waals surface area contributed by atoms with Crippen molar-refractivity contribution >= 4 is 5.91 Å². The molecule has 0 saturated heterocycles. The molecule has 1 N–H and O–H groups in total. The second kappa shape index (κ2) is 5.95. The number of hydrogen-bond donors (Lipinski definition) is 1. The number of halogens is 3. The summed E-state index contributed by atoms with van der Waals surface area (Å²) in [5.74, 6) is -0.573. The van der Waals surface area contributed by atoms with Crippen molar-refractivity contribution in [1.82, 2.24) is 4.90 Å². The Hall–Kier alpha value is -0.780. The predicted octanol–water partition coefficient (Wildman–Crippen LogP) is 1.56. The van der Waals surface area contributed by atoms with Crippen LogP contribution in [0, 0.1) is 0 Å². The van der Waals surface area contributed by atoms with E-state index in [1.807, 2.05) is 0 Å². The maximum atomic E-state index is 11.8. The van der Waals surface area contributed by atoms with Gasteiger partial charge in [-0.15, -0.1) is 0 Å². The molecule has 15 heavy (non-hydrogen) atoms. The van der Waals surface area contributed by atoms with Crippen LogP contribution in [0.5, 0.6) is 0 Å². The highest BCUT2D eigenvalue weighted by molar-refractivity contribution is 5.76. The van der Waals surface area contributed by atoms with Crippen LogP contribution in [0.15, 0.2) is 0 Å². The quantitative estimate of drug-likeness (QED) is 0.774. The van der Waals surface area contributed by atoms with Gasteiger partial charge in [0, 0.05) is 19.0 Å². The maximum Gasteiger partial charge on any atom is 0.389 e. The third kappa shape index (κ3) is 6.33. The molecule has 1 amide bonds. The number of alkyl halides is 3. The lowest BCUT2D eigenvalue weighted by atomic mass is 10.2. The summed E-state index contributed by atoms with van der Waals surface area (Å²) < 4.78 is 35.5. The molecule has 0 saturated carbocycles. The SMILES string of the molecule is CC(C)N(CCO)C(=O)CCC(F)(F)F. The molecule has 0 aromatic rings. The van der Waals surface area contributed by atoms with Crippen LogP contribution in [-0.4, -0.2) is 41.3 Å². The lowest BCUT2D eigenvalue weighted by molar-refractivity contribution is -0.150. The van der Waals surface area contributed by atoms with E-state index in [0.717, 1.165) is 0 Å². The number of rotatable bonds is 5. The first kappa shape index (κ1) is 14.2. The smallest absolute Gasteiger partial charge is 0.389 e. The van der Waals surface area contributed by atoms with Crippen LogP contribution in [0.3, 0.4) is 0 Å². The molecule has 0 unspecified atom stereocenters. The molecule has 0 radical (unpaired) electrons. The van der Waals surface area contributed by atoms with E-state index in [4.69, 9.17) is 5.11 Å². The number of carbonyl (C=O) groups excluding carboxylic acids is 1. The Morgan fingerprint density at radius 1 is 1.40 bits per heavy atom. The van der Waals surface area contributed by atoms with Crippen molar-refractivity contribution < 1.29 is 23.1 Å². The zero-order chi connectivity index (χ0) is 12.1. The molecule has 0 fully saturated rings. The van der Waals surface area contributed by atoms with Crippen LogP contribution >= 0.6 is 0 Å². The normalized spacial score (nSPS) is 11.9. The van der Waals surface area contributed by atoms with Crippen molar-refractivity contribution in [1.29, 1.82) is 0 Å². The third-order valence-electron chi connectivity index (χ3n) is 1.91. The van der Waals surface area contributed by atoms with Gasteiger partial charge in [-0.05, 0) is 13.8 Å². The topological polar surface area (TPSA) is 40.5 Å². The molecule has 90 valence electrons. The lowest BCUT2D eigenvalue weighted by Crippen LogP contribution is -2.39. The van der Waals surface area contributed by atoms with E-state index >= 15 is 0 Å². The van der Waals surface area contributed by atoms with Crippen molar-refractivity contribution in [2.75, 3.05) is 13.2 Å². The van der Waals surface area contributed by atoms with E-state index < -0.39 is 24.9 Å². The Balaban J connectivity index is 4.15. The van der Waals surface area contributed by atoms with Crippen molar-refractivity contribution in [3.05, 3.63) is 0 Å². The first-order valence-corrected chi connectivity index (χ1v) is 4.75.